The molecule has 0 radical (unpaired) electrons. The van der Waals surface area contributed by atoms with E-state index in [1.807, 2.05) is 12.1 Å². The summed E-state index contributed by atoms with van der Waals surface area (Å²) in [6.45, 7) is 1.22. The molecule has 0 aromatic heterocycles. The standard InChI is InChI=1S/C10H9Br2NO2/c11-6-1-2-9(12)8(3-6)10(14)13-7-4-15-5-7/h1-3,7H,4-5H2,(H,13,14). The summed E-state index contributed by atoms with van der Waals surface area (Å²) in [6, 6.07) is 5.67. The number of carbonyl (C=O) groups excluding carboxylic acids is 1. The second-order valence-corrected chi connectivity index (χ2v) is 5.10. The molecule has 0 spiro atoms. The first-order valence-corrected chi connectivity index (χ1v) is 6.09. The van der Waals surface area contributed by atoms with Crippen LogP contribution < -0.4 is 5.32 Å². The number of hydrogen-bond donors (Lipinski definition) is 1. The molecule has 0 saturated carbocycles. The van der Waals surface area contributed by atoms with Gasteiger partial charge in [0.05, 0.1) is 24.8 Å². The van der Waals surface area contributed by atoms with Crippen LogP contribution in [0.3, 0.4) is 0 Å². The second-order valence-electron chi connectivity index (χ2n) is 3.33. The fourth-order valence-electron chi connectivity index (χ4n) is 1.25. The van der Waals surface area contributed by atoms with Crippen LogP contribution in [0, 0.1) is 0 Å². The SMILES string of the molecule is O=C(NC1COC1)c1cc(Br)ccc1Br. The summed E-state index contributed by atoms with van der Waals surface area (Å²) in [5.41, 5.74) is 0.635. The van der Waals surface area contributed by atoms with E-state index in [0.29, 0.717) is 18.8 Å². The zero-order chi connectivity index (χ0) is 10.8. The molecule has 0 unspecified atom stereocenters. The van der Waals surface area contributed by atoms with Gasteiger partial charge in [-0.3, -0.25) is 4.79 Å². The van der Waals surface area contributed by atoms with E-state index in [4.69, 9.17) is 4.74 Å². The number of ether oxygens (including phenoxy) is 1. The Morgan fingerprint density at radius 1 is 1.40 bits per heavy atom. The van der Waals surface area contributed by atoms with Crippen LogP contribution in [0.2, 0.25) is 0 Å². The lowest BCUT2D eigenvalue weighted by molar-refractivity contribution is -0.00347. The van der Waals surface area contributed by atoms with Crippen molar-refractivity contribution in [2.75, 3.05) is 13.2 Å². The maximum atomic E-state index is 11.8. The van der Waals surface area contributed by atoms with Crippen LogP contribution in [0.4, 0.5) is 0 Å². The van der Waals surface area contributed by atoms with Crippen molar-refractivity contribution in [1.29, 1.82) is 0 Å². The number of amides is 1. The van der Waals surface area contributed by atoms with Crippen LogP contribution in [-0.2, 0) is 4.74 Å². The van der Waals surface area contributed by atoms with E-state index in [9.17, 15) is 4.79 Å². The molecule has 2 rings (SSSR count). The number of benzene rings is 1. The summed E-state index contributed by atoms with van der Waals surface area (Å²) in [4.78, 5) is 11.8. The molecule has 1 amide bonds. The summed E-state index contributed by atoms with van der Waals surface area (Å²) in [6.07, 6.45) is 0. The Kier molecular flexibility index (Phi) is 3.43. The van der Waals surface area contributed by atoms with Gasteiger partial charge in [0.25, 0.3) is 5.91 Å². The number of halogens is 2. The van der Waals surface area contributed by atoms with Crippen molar-refractivity contribution in [3.8, 4) is 0 Å². The van der Waals surface area contributed by atoms with Gasteiger partial charge in [0.1, 0.15) is 0 Å². The largest absolute Gasteiger partial charge is 0.377 e. The van der Waals surface area contributed by atoms with Gasteiger partial charge in [-0.05, 0) is 34.1 Å². The van der Waals surface area contributed by atoms with Crippen LogP contribution in [0.1, 0.15) is 10.4 Å². The maximum absolute atomic E-state index is 11.8. The Morgan fingerprint density at radius 2 is 2.13 bits per heavy atom. The smallest absolute Gasteiger partial charge is 0.252 e. The molecule has 0 bridgehead atoms. The summed E-state index contributed by atoms with van der Waals surface area (Å²) in [7, 11) is 0. The molecule has 1 aromatic rings. The van der Waals surface area contributed by atoms with E-state index in [1.54, 1.807) is 6.07 Å². The van der Waals surface area contributed by atoms with Gasteiger partial charge in [-0.15, -0.1) is 0 Å². The molecular formula is C10H9Br2NO2. The Bertz CT molecular complexity index is 391. The first-order chi connectivity index (χ1) is 7.16. The Labute approximate surface area is 104 Å². The first kappa shape index (κ1) is 11.1. The summed E-state index contributed by atoms with van der Waals surface area (Å²) in [5, 5.41) is 2.89. The first-order valence-electron chi connectivity index (χ1n) is 4.50. The number of rotatable bonds is 2. The minimum Gasteiger partial charge on any atom is -0.377 e. The third-order valence-corrected chi connectivity index (χ3v) is 3.33. The van der Waals surface area contributed by atoms with Crippen LogP contribution >= 0.6 is 31.9 Å². The fourth-order valence-corrected chi connectivity index (χ4v) is 2.04. The van der Waals surface area contributed by atoms with Crippen molar-refractivity contribution in [1.82, 2.24) is 5.32 Å². The zero-order valence-corrected chi connectivity index (χ0v) is 11.0. The maximum Gasteiger partial charge on any atom is 0.252 e. The molecule has 80 valence electrons. The summed E-state index contributed by atoms with van der Waals surface area (Å²) >= 11 is 6.68. The van der Waals surface area contributed by atoms with E-state index in [1.165, 1.54) is 0 Å². The highest BCUT2D eigenvalue weighted by Crippen LogP contribution is 2.21. The summed E-state index contributed by atoms with van der Waals surface area (Å²) < 4.78 is 6.67. The Balaban J connectivity index is 2.12. The van der Waals surface area contributed by atoms with Crippen LogP contribution in [0.25, 0.3) is 0 Å². The van der Waals surface area contributed by atoms with Gasteiger partial charge in [0.2, 0.25) is 0 Å². The monoisotopic (exact) mass is 333 g/mol. The predicted molar refractivity (Wildman–Crippen MR) is 63.9 cm³/mol. The topological polar surface area (TPSA) is 38.3 Å². The molecule has 1 fully saturated rings. The van der Waals surface area contributed by atoms with Crippen molar-refractivity contribution < 1.29 is 9.53 Å². The van der Waals surface area contributed by atoms with Gasteiger partial charge < -0.3 is 10.1 Å². The molecule has 5 heteroatoms. The van der Waals surface area contributed by atoms with Crippen LogP contribution in [0.15, 0.2) is 27.1 Å². The van der Waals surface area contributed by atoms with E-state index in [2.05, 4.69) is 37.2 Å². The van der Waals surface area contributed by atoms with Crippen molar-refractivity contribution >= 4 is 37.8 Å². The molecule has 1 aliphatic rings. The molecule has 1 N–H and O–H groups in total. The number of nitrogens with one attached hydrogen (secondary N) is 1. The molecule has 0 atom stereocenters. The molecule has 15 heavy (non-hydrogen) atoms. The van der Waals surface area contributed by atoms with Gasteiger partial charge >= 0.3 is 0 Å². The minimum absolute atomic E-state index is 0.0727. The normalized spacial score (nSPS) is 15.9. The zero-order valence-electron chi connectivity index (χ0n) is 7.80. The van der Waals surface area contributed by atoms with Gasteiger partial charge in [-0.1, -0.05) is 15.9 Å². The Hall–Kier alpha value is -0.390. The average Bonchev–Trinajstić information content (AvgIpc) is 2.15. The average molecular weight is 335 g/mol. The number of hydrogen-bond acceptors (Lipinski definition) is 2. The van der Waals surface area contributed by atoms with Crippen LogP contribution in [-0.4, -0.2) is 25.2 Å². The molecular weight excluding hydrogens is 326 g/mol. The second kappa shape index (κ2) is 4.63. The quantitative estimate of drug-likeness (QED) is 0.901. The highest BCUT2D eigenvalue weighted by atomic mass is 79.9. The lowest BCUT2D eigenvalue weighted by Gasteiger charge is -2.26. The van der Waals surface area contributed by atoms with Crippen molar-refractivity contribution in [3.63, 3.8) is 0 Å². The minimum atomic E-state index is -0.0727. The van der Waals surface area contributed by atoms with Gasteiger partial charge in [0, 0.05) is 8.95 Å². The van der Waals surface area contributed by atoms with Gasteiger partial charge in [-0.2, -0.15) is 0 Å². The molecule has 1 aromatic carbocycles. The highest BCUT2D eigenvalue weighted by Gasteiger charge is 2.21. The predicted octanol–water partition coefficient (Wildman–Crippen LogP) is 2.34. The molecule has 1 aliphatic heterocycles. The fraction of sp³-hybridized carbons (Fsp3) is 0.300. The highest BCUT2D eigenvalue weighted by molar-refractivity contribution is 9.11. The molecule has 1 saturated heterocycles. The van der Waals surface area contributed by atoms with Crippen LogP contribution in [0.5, 0.6) is 0 Å². The van der Waals surface area contributed by atoms with E-state index >= 15 is 0 Å². The lowest BCUT2D eigenvalue weighted by Crippen LogP contribution is -2.48. The molecule has 3 nitrogen and oxygen atoms in total. The third kappa shape index (κ3) is 2.59. The van der Waals surface area contributed by atoms with E-state index in [0.717, 1.165) is 8.95 Å². The van der Waals surface area contributed by atoms with Crippen molar-refractivity contribution in [2.45, 2.75) is 6.04 Å². The molecule has 1 heterocycles. The van der Waals surface area contributed by atoms with E-state index in [-0.39, 0.29) is 11.9 Å². The third-order valence-electron chi connectivity index (χ3n) is 2.15. The lowest BCUT2D eigenvalue weighted by atomic mass is 10.2. The molecule has 0 aliphatic carbocycles. The van der Waals surface area contributed by atoms with Crippen molar-refractivity contribution in [3.05, 3.63) is 32.7 Å². The van der Waals surface area contributed by atoms with Gasteiger partial charge in [0.15, 0.2) is 0 Å². The number of carbonyl (C=O) groups is 1. The van der Waals surface area contributed by atoms with Gasteiger partial charge in [-0.25, -0.2) is 0 Å². The summed E-state index contributed by atoms with van der Waals surface area (Å²) in [5.74, 6) is -0.0727. The van der Waals surface area contributed by atoms with E-state index < -0.39 is 0 Å². The Morgan fingerprint density at radius 3 is 2.73 bits per heavy atom. The van der Waals surface area contributed by atoms with Crippen molar-refractivity contribution in [2.24, 2.45) is 0 Å².